The first-order valence-electron chi connectivity index (χ1n) is 9.48. The minimum absolute atomic E-state index is 0.101. The molecule has 5 heteroatoms. The zero-order valence-electron chi connectivity index (χ0n) is 16.0. The number of aryl methyl sites for hydroxylation is 3. The molecule has 1 amide bonds. The number of hydrogen-bond donors (Lipinski definition) is 1. The minimum atomic E-state index is -0.156. The second-order valence-electron chi connectivity index (χ2n) is 7.63. The average molecular weight is 363 g/mol. The summed E-state index contributed by atoms with van der Waals surface area (Å²) in [5, 5.41) is 3.72. The molecule has 1 aromatic carbocycles. The summed E-state index contributed by atoms with van der Waals surface area (Å²) in [6, 6.07) is 10.5. The van der Waals surface area contributed by atoms with Gasteiger partial charge >= 0.3 is 0 Å². The van der Waals surface area contributed by atoms with Gasteiger partial charge in [0.1, 0.15) is 0 Å². The molecule has 0 radical (unpaired) electrons. The number of pyridine rings is 1. The molecule has 140 valence electrons. The van der Waals surface area contributed by atoms with Crippen LogP contribution < -0.4 is 10.9 Å². The van der Waals surface area contributed by atoms with Crippen molar-refractivity contribution in [3.8, 4) is 0 Å². The Hall–Kier alpha value is -2.82. The lowest BCUT2D eigenvalue weighted by molar-refractivity contribution is 0.0936. The van der Waals surface area contributed by atoms with E-state index in [2.05, 4.69) is 17.4 Å². The van der Waals surface area contributed by atoms with Gasteiger partial charge in [0.15, 0.2) is 0 Å². The van der Waals surface area contributed by atoms with Gasteiger partial charge in [0.2, 0.25) is 0 Å². The number of aromatic nitrogens is 2. The summed E-state index contributed by atoms with van der Waals surface area (Å²) >= 11 is 0. The Bertz CT molecular complexity index is 1060. The second-order valence-corrected chi connectivity index (χ2v) is 7.63. The Morgan fingerprint density at radius 3 is 2.56 bits per heavy atom. The van der Waals surface area contributed by atoms with Gasteiger partial charge in [0.25, 0.3) is 11.5 Å². The van der Waals surface area contributed by atoms with E-state index >= 15 is 0 Å². The zero-order chi connectivity index (χ0) is 19.1. The van der Waals surface area contributed by atoms with Gasteiger partial charge in [-0.3, -0.25) is 9.59 Å². The third kappa shape index (κ3) is 2.97. The molecule has 1 unspecified atom stereocenters. The fourth-order valence-corrected chi connectivity index (χ4v) is 4.56. The lowest BCUT2D eigenvalue weighted by Gasteiger charge is -2.21. The van der Waals surface area contributed by atoms with Crippen molar-refractivity contribution in [3.63, 3.8) is 0 Å². The fraction of sp³-hybridized carbons (Fsp3) is 0.364. The molecule has 1 N–H and O–H groups in total. The fourth-order valence-electron chi connectivity index (χ4n) is 4.56. The van der Waals surface area contributed by atoms with Crippen LogP contribution in [-0.4, -0.2) is 21.1 Å². The highest BCUT2D eigenvalue weighted by Gasteiger charge is 2.31. The molecular weight excluding hydrogens is 338 g/mol. The SMILES string of the molecule is Cc1cn(C)c(=O)c2c(C(=O)NC3CCC[C@H]3c3ccccc3)cn(C)c12. The molecule has 27 heavy (non-hydrogen) atoms. The van der Waals surface area contributed by atoms with Gasteiger partial charge in [0, 0.05) is 38.4 Å². The predicted octanol–water partition coefficient (Wildman–Crippen LogP) is 3.25. The molecule has 1 saturated carbocycles. The highest BCUT2D eigenvalue weighted by Crippen LogP contribution is 2.35. The highest BCUT2D eigenvalue weighted by atomic mass is 16.2. The summed E-state index contributed by atoms with van der Waals surface area (Å²) in [5.41, 5.74) is 3.42. The van der Waals surface area contributed by atoms with Crippen LogP contribution in [0.5, 0.6) is 0 Å². The molecule has 0 bridgehead atoms. The molecule has 0 aliphatic heterocycles. The van der Waals surface area contributed by atoms with Crippen molar-refractivity contribution in [2.45, 2.75) is 38.1 Å². The lowest BCUT2D eigenvalue weighted by Crippen LogP contribution is -2.36. The summed E-state index contributed by atoms with van der Waals surface area (Å²) in [5.74, 6) is 0.172. The van der Waals surface area contributed by atoms with Crippen LogP contribution in [0, 0.1) is 6.92 Å². The molecule has 2 heterocycles. The Morgan fingerprint density at radius 1 is 1.07 bits per heavy atom. The minimum Gasteiger partial charge on any atom is -0.349 e. The van der Waals surface area contributed by atoms with Gasteiger partial charge in [-0.25, -0.2) is 0 Å². The standard InChI is InChI=1S/C22H25N3O2/c1-14-12-25(3)22(27)19-17(13-24(2)20(14)19)21(26)23-18-11-7-10-16(18)15-8-5-4-6-9-15/h4-6,8-9,12-13,16,18H,7,10-11H2,1-3H3,(H,23,26)/t16-,18?/m0/s1. The van der Waals surface area contributed by atoms with E-state index in [1.54, 1.807) is 17.8 Å². The number of nitrogens with one attached hydrogen (secondary N) is 1. The van der Waals surface area contributed by atoms with Crippen molar-refractivity contribution in [2.75, 3.05) is 0 Å². The van der Waals surface area contributed by atoms with Gasteiger partial charge in [-0.2, -0.15) is 0 Å². The monoisotopic (exact) mass is 363 g/mol. The molecule has 5 nitrogen and oxygen atoms in total. The third-order valence-corrected chi connectivity index (χ3v) is 5.78. The van der Waals surface area contributed by atoms with Crippen molar-refractivity contribution in [2.24, 2.45) is 14.1 Å². The molecule has 2 aromatic heterocycles. The lowest BCUT2D eigenvalue weighted by atomic mass is 9.94. The van der Waals surface area contributed by atoms with Crippen molar-refractivity contribution in [1.82, 2.24) is 14.5 Å². The van der Waals surface area contributed by atoms with E-state index in [0.717, 1.165) is 30.3 Å². The van der Waals surface area contributed by atoms with E-state index in [9.17, 15) is 9.59 Å². The first-order valence-corrected chi connectivity index (χ1v) is 9.48. The number of rotatable bonds is 3. The molecule has 1 aliphatic carbocycles. The van der Waals surface area contributed by atoms with Crippen LogP contribution in [-0.2, 0) is 14.1 Å². The Labute approximate surface area is 158 Å². The van der Waals surface area contributed by atoms with Gasteiger partial charge in [-0.15, -0.1) is 0 Å². The molecule has 0 spiro atoms. The smallest absolute Gasteiger partial charge is 0.260 e. The molecule has 2 atom stereocenters. The van der Waals surface area contributed by atoms with Crippen LogP contribution in [0.3, 0.4) is 0 Å². The summed E-state index contributed by atoms with van der Waals surface area (Å²) < 4.78 is 3.43. The first-order chi connectivity index (χ1) is 13.0. The third-order valence-electron chi connectivity index (χ3n) is 5.78. The van der Waals surface area contributed by atoms with E-state index < -0.39 is 0 Å². The normalized spacial score (nSPS) is 19.5. The van der Waals surface area contributed by atoms with E-state index in [4.69, 9.17) is 0 Å². The largest absolute Gasteiger partial charge is 0.349 e. The Morgan fingerprint density at radius 2 is 1.81 bits per heavy atom. The van der Waals surface area contributed by atoms with Crippen LogP contribution in [0.25, 0.3) is 10.9 Å². The number of benzene rings is 1. The Balaban J connectivity index is 1.69. The number of amides is 1. The number of nitrogens with zero attached hydrogens (tertiary/aromatic N) is 2. The number of carbonyl (C=O) groups excluding carboxylic acids is 1. The quantitative estimate of drug-likeness (QED) is 0.777. The van der Waals surface area contributed by atoms with Crippen LogP contribution >= 0.6 is 0 Å². The number of fused-ring (bicyclic) bond motifs is 1. The van der Waals surface area contributed by atoms with E-state index in [1.807, 2.05) is 42.9 Å². The van der Waals surface area contributed by atoms with Crippen molar-refractivity contribution in [3.05, 3.63) is 69.8 Å². The summed E-state index contributed by atoms with van der Waals surface area (Å²) in [7, 11) is 3.61. The predicted molar refractivity (Wildman–Crippen MR) is 107 cm³/mol. The molecular formula is C22H25N3O2. The van der Waals surface area contributed by atoms with Gasteiger partial charge in [-0.1, -0.05) is 36.8 Å². The number of hydrogen-bond acceptors (Lipinski definition) is 2. The maximum absolute atomic E-state index is 13.1. The highest BCUT2D eigenvalue weighted by molar-refractivity contribution is 6.07. The van der Waals surface area contributed by atoms with Gasteiger partial charge in [-0.05, 0) is 30.9 Å². The van der Waals surface area contributed by atoms with E-state index in [-0.39, 0.29) is 17.5 Å². The van der Waals surface area contributed by atoms with Crippen molar-refractivity contribution >= 4 is 16.8 Å². The van der Waals surface area contributed by atoms with Crippen LogP contribution in [0.15, 0.2) is 47.5 Å². The van der Waals surface area contributed by atoms with E-state index in [0.29, 0.717) is 16.9 Å². The molecule has 3 aromatic rings. The summed E-state index contributed by atoms with van der Waals surface area (Å²) in [6.07, 6.45) is 6.73. The van der Waals surface area contributed by atoms with Crippen molar-refractivity contribution < 1.29 is 4.79 Å². The maximum Gasteiger partial charge on any atom is 0.260 e. The van der Waals surface area contributed by atoms with Crippen molar-refractivity contribution in [1.29, 1.82) is 0 Å². The zero-order valence-corrected chi connectivity index (χ0v) is 16.0. The van der Waals surface area contributed by atoms with E-state index in [1.165, 1.54) is 5.56 Å². The van der Waals surface area contributed by atoms with Crippen LogP contribution in [0.2, 0.25) is 0 Å². The van der Waals surface area contributed by atoms with Gasteiger partial charge < -0.3 is 14.5 Å². The molecule has 4 rings (SSSR count). The van der Waals surface area contributed by atoms with Crippen LogP contribution in [0.1, 0.15) is 46.7 Å². The first kappa shape index (κ1) is 17.6. The number of carbonyl (C=O) groups is 1. The summed E-state index contributed by atoms with van der Waals surface area (Å²) in [6.45, 7) is 1.96. The average Bonchev–Trinajstić information content (AvgIpc) is 3.25. The molecule has 1 aliphatic rings. The maximum atomic E-state index is 13.1. The summed E-state index contributed by atoms with van der Waals surface area (Å²) in [4.78, 5) is 25.8. The topological polar surface area (TPSA) is 56.0 Å². The van der Waals surface area contributed by atoms with Gasteiger partial charge in [0.05, 0.1) is 16.5 Å². The van der Waals surface area contributed by atoms with Crippen LogP contribution in [0.4, 0.5) is 0 Å². The second kappa shape index (κ2) is 6.72. The molecule has 0 saturated heterocycles. The Kier molecular flexibility index (Phi) is 4.38. The molecule has 1 fully saturated rings.